The Morgan fingerprint density at radius 2 is 2.19 bits per heavy atom. The molecule has 1 aromatic rings. The predicted molar refractivity (Wildman–Crippen MR) is 76.1 cm³/mol. The molecule has 7 heteroatoms. The number of amides is 1. The molecule has 7 nitrogen and oxygen atoms in total. The highest BCUT2D eigenvalue weighted by atomic mass is 16.6. The highest BCUT2D eigenvalue weighted by molar-refractivity contribution is 5.96. The molecule has 3 rings (SSSR count). The lowest BCUT2D eigenvalue weighted by Gasteiger charge is -2.28. The van der Waals surface area contributed by atoms with Gasteiger partial charge in [-0.3, -0.25) is 19.9 Å². The fourth-order valence-corrected chi connectivity index (χ4v) is 3.29. The van der Waals surface area contributed by atoms with E-state index in [9.17, 15) is 14.9 Å². The number of hydrogen-bond donors (Lipinski definition) is 1. The molecule has 2 bridgehead atoms. The van der Waals surface area contributed by atoms with Gasteiger partial charge in [0.1, 0.15) is 6.20 Å². The Morgan fingerprint density at radius 1 is 1.43 bits per heavy atom. The summed E-state index contributed by atoms with van der Waals surface area (Å²) in [4.78, 5) is 29.1. The Labute approximate surface area is 122 Å². The molecule has 2 fully saturated rings. The van der Waals surface area contributed by atoms with E-state index in [0.717, 1.165) is 32.4 Å². The second-order valence-corrected chi connectivity index (χ2v) is 5.67. The number of nitro groups is 1. The molecule has 0 spiro atoms. The Morgan fingerprint density at radius 3 is 2.95 bits per heavy atom. The number of fused-ring (bicyclic) bond motifs is 2. The topological polar surface area (TPSA) is 88.4 Å². The molecule has 2 atom stereocenters. The van der Waals surface area contributed by atoms with Crippen LogP contribution in [0, 0.1) is 17.0 Å². The summed E-state index contributed by atoms with van der Waals surface area (Å²) in [6, 6.07) is 1.77. The summed E-state index contributed by atoms with van der Waals surface area (Å²) in [5, 5.41) is 14.2. The Bertz CT molecular complexity index is 576. The molecule has 0 aliphatic carbocycles. The van der Waals surface area contributed by atoms with Crippen molar-refractivity contribution < 1.29 is 9.72 Å². The molecule has 0 radical (unpaired) electrons. The molecule has 2 aliphatic heterocycles. The van der Waals surface area contributed by atoms with E-state index in [1.165, 1.54) is 12.3 Å². The van der Waals surface area contributed by atoms with E-state index in [2.05, 4.69) is 10.3 Å². The van der Waals surface area contributed by atoms with Crippen LogP contribution in [0.25, 0.3) is 0 Å². The van der Waals surface area contributed by atoms with Crippen LogP contribution < -0.4 is 5.32 Å². The van der Waals surface area contributed by atoms with Crippen molar-refractivity contribution in [3.8, 4) is 0 Å². The molecule has 2 aliphatic rings. The summed E-state index contributed by atoms with van der Waals surface area (Å²) in [5.74, 6) is -0.125. The number of hydrogen-bond acceptors (Lipinski definition) is 5. The van der Waals surface area contributed by atoms with E-state index in [0.29, 0.717) is 11.3 Å². The average Bonchev–Trinajstić information content (AvgIpc) is 2.71. The summed E-state index contributed by atoms with van der Waals surface area (Å²) in [6.07, 6.45) is 4.14. The molecule has 21 heavy (non-hydrogen) atoms. The summed E-state index contributed by atoms with van der Waals surface area (Å²) in [7, 11) is 0. The van der Waals surface area contributed by atoms with E-state index in [-0.39, 0.29) is 23.7 Å². The first kappa shape index (κ1) is 13.9. The van der Waals surface area contributed by atoms with Crippen LogP contribution in [0.15, 0.2) is 12.3 Å². The summed E-state index contributed by atoms with van der Waals surface area (Å²) < 4.78 is 0. The molecule has 1 amide bonds. The molecule has 3 heterocycles. The minimum absolute atomic E-state index is 0.125. The second-order valence-electron chi connectivity index (χ2n) is 5.67. The normalized spacial score (nSPS) is 24.7. The van der Waals surface area contributed by atoms with Crippen LogP contribution in [0.2, 0.25) is 0 Å². The number of carbonyl (C=O) groups is 1. The molecule has 2 unspecified atom stereocenters. The van der Waals surface area contributed by atoms with Crippen LogP contribution in [-0.2, 0) is 0 Å². The third-order valence-electron chi connectivity index (χ3n) is 4.40. The van der Waals surface area contributed by atoms with E-state index in [1.54, 1.807) is 6.92 Å². The highest BCUT2D eigenvalue weighted by Crippen LogP contribution is 2.30. The maximum Gasteiger partial charge on any atom is 0.288 e. The van der Waals surface area contributed by atoms with E-state index < -0.39 is 4.92 Å². The van der Waals surface area contributed by atoms with Crippen LogP contribution in [0.3, 0.4) is 0 Å². The maximum atomic E-state index is 12.8. The number of pyridine rings is 1. The van der Waals surface area contributed by atoms with Gasteiger partial charge in [0.05, 0.1) is 16.2 Å². The van der Waals surface area contributed by atoms with Gasteiger partial charge in [0.15, 0.2) is 0 Å². The van der Waals surface area contributed by atoms with Gasteiger partial charge in [0, 0.05) is 24.7 Å². The zero-order chi connectivity index (χ0) is 15.0. The Balaban J connectivity index is 1.94. The van der Waals surface area contributed by atoms with E-state index >= 15 is 0 Å². The minimum atomic E-state index is -0.512. The van der Waals surface area contributed by atoms with Crippen molar-refractivity contribution in [2.75, 3.05) is 13.1 Å². The number of aryl methyl sites for hydroxylation is 1. The number of rotatable bonds is 2. The zero-order valence-electron chi connectivity index (χ0n) is 11.9. The van der Waals surface area contributed by atoms with Gasteiger partial charge in [-0.2, -0.15) is 0 Å². The molecular weight excluding hydrogens is 272 g/mol. The highest BCUT2D eigenvalue weighted by Gasteiger charge is 2.39. The number of nitrogens with one attached hydrogen (secondary N) is 1. The Kier molecular flexibility index (Phi) is 3.59. The number of nitrogens with zero attached hydrogens (tertiary/aromatic N) is 3. The van der Waals surface area contributed by atoms with E-state index in [4.69, 9.17) is 0 Å². The van der Waals surface area contributed by atoms with Crippen LogP contribution >= 0.6 is 0 Å². The molecule has 1 N–H and O–H groups in total. The smallest absolute Gasteiger partial charge is 0.288 e. The zero-order valence-corrected chi connectivity index (χ0v) is 11.9. The van der Waals surface area contributed by atoms with Gasteiger partial charge in [0.25, 0.3) is 11.6 Å². The maximum absolute atomic E-state index is 12.8. The lowest BCUT2D eigenvalue weighted by Crippen LogP contribution is -2.42. The van der Waals surface area contributed by atoms with Crippen LogP contribution in [0.1, 0.15) is 35.3 Å². The average molecular weight is 290 g/mol. The van der Waals surface area contributed by atoms with Gasteiger partial charge in [0.2, 0.25) is 0 Å². The molecule has 1 aromatic heterocycles. The molecule has 0 saturated carbocycles. The first-order chi connectivity index (χ1) is 10.1. The lowest BCUT2D eigenvalue weighted by molar-refractivity contribution is -0.385. The largest absolute Gasteiger partial charge is 0.331 e. The van der Waals surface area contributed by atoms with E-state index in [1.807, 2.05) is 4.90 Å². The molecule has 0 aromatic carbocycles. The standard InChI is InChI=1S/C14H18N4O3/c1-9-13(6-12(8-16-9)18(20)21)14(19)17-10-2-3-11(17)7-15-5-4-10/h6,8,10-11,15H,2-5,7H2,1H3. The fourth-order valence-electron chi connectivity index (χ4n) is 3.29. The van der Waals surface area contributed by atoms with Gasteiger partial charge in [-0.15, -0.1) is 0 Å². The first-order valence-electron chi connectivity index (χ1n) is 7.22. The van der Waals surface area contributed by atoms with Crippen molar-refractivity contribution in [2.45, 2.75) is 38.3 Å². The first-order valence-corrected chi connectivity index (χ1v) is 7.22. The molecule has 2 saturated heterocycles. The third-order valence-corrected chi connectivity index (χ3v) is 4.40. The summed E-state index contributed by atoms with van der Waals surface area (Å²) in [6.45, 7) is 3.43. The third kappa shape index (κ3) is 2.49. The fraction of sp³-hybridized carbons (Fsp3) is 0.571. The quantitative estimate of drug-likeness (QED) is 0.654. The van der Waals surface area contributed by atoms with Gasteiger partial charge in [-0.1, -0.05) is 0 Å². The minimum Gasteiger partial charge on any atom is -0.331 e. The van der Waals surface area contributed by atoms with Gasteiger partial charge < -0.3 is 10.2 Å². The lowest BCUT2D eigenvalue weighted by atomic mass is 10.1. The summed E-state index contributed by atoms with van der Waals surface area (Å²) >= 11 is 0. The van der Waals surface area contributed by atoms with Crippen molar-refractivity contribution in [1.29, 1.82) is 0 Å². The summed E-state index contributed by atoms with van der Waals surface area (Å²) in [5.41, 5.74) is 0.759. The van der Waals surface area contributed by atoms with Crippen molar-refractivity contribution in [1.82, 2.24) is 15.2 Å². The Hall–Kier alpha value is -2.02. The molecular formula is C14H18N4O3. The molecule has 112 valence electrons. The van der Waals surface area contributed by atoms with Crippen molar-refractivity contribution >= 4 is 11.6 Å². The monoisotopic (exact) mass is 290 g/mol. The van der Waals surface area contributed by atoms with Gasteiger partial charge in [-0.05, 0) is 32.7 Å². The van der Waals surface area contributed by atoms with Crippen LogP contribution in [-0.4, -0.2) is 45.9 Å². The SMILES string of the molecule is Cc1ncc([N+](=O)[O-])cc1C(=O)N1C2CCNCC1CC2. The van der Waals surface area contributed by atoms with Gasteiger partial charge in [-0.25, -0.2) is 0 Å². The van der Waals surface area contributed by atoms with Crippen molar-refractivity contribution in [3.05, 3.63) is 33.6 Å². The predicted octanol–water partition coefficient (Wildman–Crippen LogP) is 1.26. The number of carbonyl (C=O) groups excluding carboxylic acids is 1. The second kappa shape index (κ2) is 5.40. The van der Waals surface area contributed by atoms with Crippen LogP contribution in [0.5, 0.6) is 0 Å². The van der Waals surface area contributed by atoms with Crippen molar-refractivity contribution in [3.63, 3.8) is 0 Å². The van der Waals surface area contributed by atoms with Crippen molar-refractivity contribution in [2.24, 2.45) is 0 Å². The number of aromatic nitrogens is 1. The van der Waals surface area contributed by atoms with Crippen LogP contribution in [0.4, 0.5) is 5.69 Å². The van der Waals surface area contributed by atoms with Gasteiger partial charge >= 0.3 is 0 Å².